The number of nitrogens with one attached hydrogen (secondary N) is 1. The molecule has 0 radical (unpaired) electrons. The summed E-state index contributed by atoms with van der Waals surface area (Å²) in [7, 11) is 0. The highest BCUT2D eigenvalue weighted by Gasteiger charge is 2.18. The van der Waals surface area contributed by atoms with Gasteiger partial charge in [0.25, 0.3) is 11.6 Å². The Hall–Kier alpha value is -2.19. The number of rotatable bonds is 6. The lowest BCUT2D eigenvalue weighted by Crippen LogP contribution is -2.20. The summed E-state index contributed by atoms with van der Waals surface area (Å²) in [6.45, 7) is 1.51. The van der Waals surface area contributed by atoms with Crippen LogP contribution in [0.25, 0.3) is 0 Å². The summed E-state index contributed by atoms with van der Waals surface area (Å²) < 4.78 is 6.00. The highest BCUT2D eigenvalue weighted by molar-refractivity contribution is 8.19. The van der Waals surface area contributed by atoms with Crippen LogP contribution in [-0.4, -0.2) is 28.9 Å². The molecular formula is C18H18N2O4S2. The number of ether oxygens (including phenoxy) is 1. The zero-order chi connectivity index (χ0) is 18.5. The minimum atomic E-state index is -0.448. The van der Waals surface area contributed by atoms with Gasteiger partial charge in [0.1, 0.15) is 5.75 Å². The number of nitro benzene ring substituents is 1. The van der Waals surface area contributed by atoms with Crippen molar-refractivity contribution in [3.05, 3.63) is 63.7 Å². The molecule has 0 atom stereocenters. The SMILES string of the molecule is Cc1cc(NC(=O)COc2ccc(C3SCCS3)cc2)ccc1[N+](=O)[O-]. The molecule has 0 unspecified atom stereocenters. The summed E-state index contributed by atoms with van der Waals surface area (Å²) in [5.74, 6) is 2.67. The van der Waals surface area contributed by atoms with Gasteiger partial charge in [-0.3, -0.25) is 14.9 Å². The van der Waals surface area contributed by atoms with E-state index in [9.17, 15) is 14.9 Å². The number of hydrogen-bond acceptors (Lipinski definition) is 6. The van der Waals surface area contributed by atoms with Crippen LogP contribution in [0.2, 0.25) is 0 Å². The van der Waals surface area contributed by atoms with Crippen molar-refractivity contribution in [3.63, 3.8) is 0 Å². The first-order valence-corrected chi connectivity index (χ1v) is 10.1. The van der Waals surface area contributed by atoms with Crippen LogP contribution < -0.4 is 10.1 Å². The molecular weight excluding hydrogens is 372 g/mol. The third-order valence-corrected chi connectivity index (χ3v) is 6.93. The van der Waals surface area contributed by atoms with Crippen LogP contribution in [0.4, 0.5) is 11.4 Å². The quantitative estimate of drug-likeness (QED) is 0.582. The lowest BCUT2D eigenvalue weighted by atomic mass is 10.2. The highest BCUT2D eigenvalue weighted by atomic mass is 32.2. The molecule has 0 saturated carbocycles. The van der Waals surface area contributed by atoms with Crippen LogP contribution in [0.5, 0.6) is 5.75 Å². The van der Waals surface area contributed by atoms with Crippen molar-refractivity contribution in [1.82, 2.24) is 0 Å². The number of nitro groups is 1. The standard InChI is InChI=1S/C18H18N2O4S2/c1-12-10-14(4-7-16(12)20(22)23)19-17(21)11-24-15-5-2-13(3-6-15)18-25-8-9-26-18/h2-7,10,18H,8-9,11H2,1H3,(H,19,21). The Balaban J connectivity index is 1.52. The molecule has 0 aromatic heterocycles. The average Bonchev–Trinajstić information content (AvgIpc) is 3.15. The number of carbonyl (C=O) groups is 1. The van der Waals surface area contributed by atoms with Gasteiger partial charge in [0.15, 0.2) is 6.61 Å². The second-order valence-corrected chi connectivity index (χ2v) is 8.46. The van der Waals surface area contributed by atoms with Crippen molar-refractivity contribution in [2.24, 2.45) is 0 Å². The van der Waals surface area contributed by atoms with E-state index in [1.165, 1.54) is 29.2 Å². The van der Waals surface area contributed by atoms with Crippen LogP contribution in [0.3, 0.4) is 0 Å². The molecule has 1 heterocycles. The highest BCUT2D eigenvalue weighted by Crippen LogP contribution is 2.45. The normalized spacial score (nSPS) is 14.2. The van der Waals surface area contributed by atoms with Crippen LogP contribution in [0.1, 0.15) is 15.7 Å². The van der Waals surface area contributed by atoms with E-state index in [1.54, 1.807) is 13.0 Å². The van der Waals surface area contributed by atoms with E-state index < -0.39 is 4.92 Å². The lowest BCUT2D eigenvalue weighted by molar-refractivity contribution is -0.385. The molecule has 8 heteroatoms. The van der Waals surface area contributed by atoms with Crippen LogP contribution in [-0.2, 0) is 4.79 Å². The van der Waals surface area contributed by atoms with E-state index in [2.05, 4.69) is 5.32 Å². The first kappa shape index (κ1) is 18.6. The van der Waals surface area contributed by atoms with Gasteiger partial charge in [0.2, 0.25) is 0 Å². The predicted molar refractivity (Wildman–Crippen MR) is 106 cm³/mol. The Morgan fingerprint density at radius 1 is 1.23 bits per heavy atom. The Kier molecular flexibility index (Phi) is 6.05. The molecule has 6 nitrogen and oxygen atoms in total. The zero-order valence-corrected chi connectivity index (χ0v) is 15.8. The number of thioether (sulfide) groups is 2. The fourth-order valence-corrected chi connectivity index (χ4v) is 5.42. The smallest absolute Gasteiger partial charge is 0.272 e. The molecule has 1 aliphatic rings. The van der Waals surface area contributed by atoms with E-state index in [0.717, 1.165) is 0 Å². The summed E-state index contributed by atoms with van der Waals surface area (Å²) in [5, 5.41) is 13.5. The van der Waals surface area contributed by atoms with Gasteiger partial charge in [0, 0.05) is 28.8 Å². The molecule has 1 saturated heterocycles. The van der Waals surface area contributed by atoms with E-state index >= 15 is 0 Å². The number of amides is 1. The maximum atomic E-state index is 12.0. The summed E-state index contributed by atoms with van der Waals surface area (Å²) in [6, 6.07) is 12.3. The van der Waals surface area contributed by atoms with Crippen LogP contribution in [0, 0.1) is 17.0 Å². The third-order valence-electron chi connectivity index (χ3n) is 3.82. The Labute approximate surface area is 159 Å². The molecule has 0 bridgehead atoms. The van der Waals surface area contributed by atoms with Gasteiger partial charge in [-0.05, 0) is 36.8 Å². The van der Waals surface area contributed by atoms with Gasteiger partial charge in [-0.1, -0.05) is 12.1 Å². The number of aryl methyl sites for hydroxylation is 1. The molecule has 1 aliphatic heterocycles. The minimum Gasteiger partial charge on any atom is -0.484 e. The molecule has 26 heavy (non-hydrogen) atoms. The molecule has 3 rings (SSSR count). The first-order chi connectivity index (χ1) is 12.5. The van der Waals surface area contributed by atoms with Crippen LogP contribution >= 0.6 is 23.5 Å². The maximum absolute atomic E-state index is 12.0. The van der Waals surface area contributed by atoms with Crippen molar-refractivity contribution in [3.8, 4) is 5.75 Å². The molecule has 0 spiro atoms. The van der Waals surface area contributed by atoms with Crippen molar-refractivity contribution < 1.29 is 14.5 Å². The van der Waals surface area contributed by atoms with Gasteiger partial charge < -0.3 is 10.1 Å². The number of hydrogen-bond donors (Lipinski definition) is 1. The van der Waals surface area contributed by atoms with Gasteiger partial charge in [0.05, 0.1) is 9.51 Å². The molecule has 1 N–H and O–H groups in total. The first-order valence-electron chi connectivity index (χ1n) is 8.04. The molecule has 2 aromatic rings. The summed E-state index contributed by atoms with van der Waals surface area (Å²) in [5.41, 5.74) is 2.29. The zero-order valence-electron chi connectivity index (χ0n) is 14.1. The Bertz CT molecular complexity index is 805. The van der Waals surface area contributed by atoms with Crippen molar-refractivity contribution >= 4 is 40.8 Å². The second-order valence-electron chi connectivity index (χ2n) is 5.74. The maximum Gasteiger partial charge on any atom is 0.272 e. The summed E-state index contributed by atoms with van der Waals surface area (Å²) in [4.78, 5) is 22.4. The number of benzene rings is 2. The minimum absolute atomic E-state index is 0.0259. The average molecular weight is 390 g/mol. The third kappa shape index (κ3) is 4.70. The summed E-state index contributed by atoms with van der Waals surface area (Å²) >= 11 is 3.88. The van der Waals surface area contributed by atoms with Crippen LogP contribution in [0.15, 0.2) is 42.5 Å². The fourth-order valence-electron chi connectivity index (χ4n) is 2.56. The van der Waals surface area contributed by atoms with Gasteiger partial charge in [-0.25, -0.2) is 0 Å². The predicted octanol–water partition coefficient (Wildman–Crippen LogP) is 4.40. The Morgan fingerprint density at radius 3 is 2.54 bits per heavy atom. The number of nitrogens with zero attached hydrogens (tertiary/aromatic N) is 1. The van der Waals surface area contributed by atoms with E-state index in [0.29, 0.717) is 21.6 Å². The van der Waals surface area contributed by atoms with Gasteiger partial charge >= 0.3 is 0 Å². The number of carbonyl (C=O) groups excluding carboxylic acids is 1. The molecule has 2 aromatic carbocycles. The molecule has 1 fully saturated rings. The topological polar surface area (TPSA) is 81.5 Å². The van der Waals surface area contributed by atoms with Crippen molar-refractivity contribution in [2.75, 3.05) is 23.4 Å². The molecule has 1 amide bonds. The second kappa shape index (κ2) is 8.46. The Morgan fingerprint density at radius 2 is 1.92 bits per heavy atom. The van der Waals surface area contributed by atoms with E-state index in [1.807, 2.05) is 47.8 Å². The fraction of sp³-hybridized carbons (Fsp3) is 0.278. The lowest BCUT2D eigenvalue weighted by Gasteiger charge is -2.11. The number of anilines is 1. The largest absolute Gasteiger partial charge is 0.484 e. The van der Waals surface area contributed by atoms with Crippen molar-refractivity contribution in [2.45, 2.75) is 11.5 Å². The molecule has 0 aliphatic carbocycles. The summed E-state index contributed by atoms with van der Waals surface area (Å²) in [6.07, 6.45) is 0. The van der Waals surface area contributed by atoms with Gasteiger partial charge in [-0.15, -0.1) is 23.5 Å². The monoisotopic (exact) mass is 390 g/mol. The van der Waals surface area contributed by atoms with Gasteiger partial charge in [-0.2, -0.15) is 0 Å². The van der Waals surface area contributed by atoms with E-state index in [4.69, 9.17) is 4.74 Å². The molecule has 136 valence electrons. The van der Waals surface area contributed by atoms with Crippen molar-refractivity contribution in [1.29, 1.82) is 0 Å². The van der Waals surface area contributed by atoms with E-state index in [-0.39, 0.29) is 18.2 Å².